The SMILES string of the molecule is CC(C)(C)C(=O)N1CCOC[C@@]2(C1)CN(c1cncnc1)C(=O)CO2. The number of aromatic nitrogens is 2. The lowest BCUT2D eigenvalue weighted by molar-refractivity contribution is -0.152. The van der Waals surface area contributed by atoms with Gasteiger partial charge in [0.15, 0.2) is 0 Å². The average Bonchev–Trinajstić information content (AvgIpc) is 2.79. The van der Waals surface area contributed by atoms with Crippen molar-refractivity contribution in [3.8, 4) is 0 Å². The van der Waals surface area contributed by atoms with E-state index < -0.39 is 11.0 Å². The van der Waals surface area contributed by atoms with Crippen molar-refractivity contribution in [3.05, 3.63) is 18.7 Å². The van der Waals surface area contributed by atoms with E-state index in [9.17, 15) is 9.59 Å². The topological polar surface area (TPSA) is 84.9 Å². The van der Waals surface area contributed by atoms with E-state index in [1.54, 1.807) is 22.2 Å². The first-order valence-corrected chi connectivity index (χ1v) is 8.37. The lowest BCUT2D eigenvalue weighted by atomic mass is 9.93. The lowest BCUT2D eigenvalue weighted by Crippen LogP contribution is -2.61. The Morgan fingerprint density at radius 1 is 1.24 bits per heavy atom. The molecule has 25 heavy (non-hydrogen) atoms. The van der Waals surface area contributed by atoms with Crippen LogP contribution >= 0.6 is 0 Å². The van der Waals surface area contributed by atoms with Gasteiger partial charge in [-0.05, 0) is 0 Å². The molecular weight excluding hydrogens is 324 g/mol. The van der Waals surface area contributed by atoms with E-state index in [-0.39, 0.29) is 18.4 Å². The molecule has 2 aliphatic rings. The zero-order valence-electron chi connectivity index (χ0n) is 14.9. The Kier molecular flexibility index (Phi) is 4.75. The molecule has 0 radical (unpaired) electrons. The van der Waals surface area contributed by atoms with Gasteiger partial charge in [0.05, 0.1) is 44.4 Å². The lowest BCUT2D eigenvalue weighted by Gasteiger charge is -2.43. The van der Waals surface area contributed by atoms with Gasteiger partial charge in [0.25, 0.3) is 5.91 Å². The molecule has 0 saturated carbocycles. The van der Waals surface area contributed by atoms with Crippen molar-refractivity contribution in [2.75, 3.05) is 44.4 Å². The van der Waals surface area contributed by atoms with Crippen molar-refractivity contribution < 1.29 is 19.1 Å². The van der Waals surface area contributed by atoms with Crippen LogP contribution in [0.3, 0.4) is 0 Å². The van der Waals surface area contributed by atoms with Gasteiger partial charge in [-0.25, -0.2) is 9.97 Å². The predicted octanol–water partition coefficient (Wildman–Crippen LogP) is 0.484. The van der Waals surface area contributed by atoms with Gasteiger partial charge in [-0.3, -0.25) is 9.59 Å². The standard InChI is InChI=1S/C17H24N4O4/c1-16(2,3)15(23)20-4-5-24-11-17(9-20)10-21(14(22)8-25-17)13-6-18-12-19-7-13/h6-7,12H,4-5,8-11H2,1-3H3/t17-/m1/s1. The second-order valence-corrected chi connectivity index (χ2v) is 7.58. The summed E-state index contributed by atoms with van der Waals surface area (Å²) >= 11 is 0. The molecule has 2 saturated heterocycles. The molecule has 2 fully saturated rings. The highest BCUT2D eigenvalue weighted by atomic mass is 16.6. The molecule has 8 heteroatoms. The van der Waals surface area contributed by atoms with Gasteiger partial charge in [0.1, 0.15) is 18.5 Å². The number of hydrogen-bond acceptors (Lipinski definition) is 6. The molecule has 1 aromatic heterocycles. The average molecular weight is 348 g/mol. The molecule has 8 nitrogen and oxygen atoms in total. The van der Waals surface area contributed by atoms with Crippen molar-refractivity contribution in [2.24, 2.45) is 5.41 Å². The first kappa shape index (κ1) is 17.8. The summed E-state index contributed by atoms with van der Waals surface area (Å²) in [6.45, 7) is 7.62. The summed E-state index contributed by atoms with van der Waals surface area (Å²) in [4.78, 5) is 36.4. The van der Waals surface area contributed by atoms with Crippen LogP contribution in [-0.2, 0) is 19.1 Å². The minimum atomic E-state index is -0.749. The predicted molar refractivity (Wildman–Crippen MR) is 89.9 cm³/mol. The number of carbonyl (C=O) groups is 2. The number of carbonyl (C=O) groups excluding carboxylic acids is 2. The molecule has 3 rings (SSSR count). The monoisotopic (exact) mass is 348 g/mol. The molecule has 2 aliphatic heterocycles. The van der Waals surface area contributed by atoms with Crippen molar-refractivity contribution >= 4 is 17.5 Å². The first-order valence-electron chi connectivity index (χ1n) is 8.37. The van der Waals surface area contributed by atoms with Gasteiger partial charge in [-0.2, -0.15) is 0 Å². The van der Waals surface area contributed by atoms with Gasteiger partial charge in [-0.15, -0.1) is 0 Å². The summed E-state index contributed by atoms with van der Waals surface area (Å²) in [7, 11) is 0. The van der Waals surface area contributed by atoms with E-state index in [0.29, 0.717) is 38.5 Å². The summed E-state index contributed by atoms with van der Waals surface area (Å²) < 4.78 is 11.6. The van der Waals surface area contributed by atoms with Gasteiger partial charge in [-0.1, -0.05) is 20.8 Å². The van der Waals surface area contributed by atoms with E-state index in [4.69, 9.17) is 9.47 Å². The fourth-order valence-electron chi connectivity index (χ4n) is 3.12. The normalized spacial score (nSPS) is 25.2. The number of anilines is 1. The summed E-state index contributed by atoms with van der Waals surface area (Å²) in [5, 5.41) is 0. The van der Waals surface area contributed by atoms with Crippen molar-refractivity contribution in [1.82, 2.24) is 14.9 Å². The Morgan fingerprint density at radius 2 is 1.96 bits per heavy atom. The zero-order chi connectivity index (χ0) is 18.1. The van der Waals surface area contributed by atoms with Crippen LogP contribution in [0.5, 0.6) is 0 Å². The second-order valence-electron chi connectivity index (χ2n) is 7.58. The highest BCUT2D eigenvalue weighted by Crippen LogP contribution is 2.28. The molecule has 3 heterocycles. The fraction of sp³-hybridized carbons (Fsp3) is 0.647. The van der Waals surface area contributed by atoms with Crippen LogP contribution in [-0.4, -0.2) is 71.7 Å². The third-order valence-corrected chi connectivity index (χ3v) is 4.39. The molecule has 0 bridgehead atoms. The molecule has 2 amide bonds. The van der Waals surface area contributed by atoms with Crippen LogP contribution in [0.1, 0.15) is 20.8 Å². The number of rotatable bonds is 1. The number of morpholine rings is 1. The van der Waals surface area contributed by atoms with Crippen molar-refractivity contribution in [1.29, 1.82) is 0 Å². The summed E-state index contributed by atoms with van der Waals surface area (Å²) in [6, 6.07) is 0. The minimum Gasteiger partial charge on any atom is -0.376 e. The maximum atomic E-state index is 12.7. The molecule has 0 N–H and O–H groups in total. The van der Waals surface area contributed by atoms with Gasteiger partial charge >= 0.3 is 0 Å². The molecule has 0 unspecified atom stereocenters. The van der Waals surface area contributed by atoms with Crippen LogP contribution in [0, 0.1) is 5.41 Å². The molecule has 0 aliphatic carbocycles. The fourth-order valence-corrected chi connectivity index (χ4v) is 3.12. The molecule has 0 aromatic carbocycles. The molecule has 1 atom stereocenters. The van der Waals surface area contributed by atoms with Gasteiger partial charge in [0.2, 0.25) is 5.91 Å². The van der Waals surface area contributed by atoms with Crippen molar-refractivity contribution in [3.63, 3.8) is 0 Å². The second kappa shape index (κ2) is 6.68. The number of nitrogens with zero attached hydrogens (tertiary/aromatic N) is 4. The Bertz CT molecular complexity index is 646. The summed E-state index contributed by atoms with van der Waals surface area (Å²) in [5.74, 6) is -0.106. The van der Waals surface area contributed by atoms with Crippen LogP contribution < -0.4 is 4.90 Å². The maximum absolute atomic E-state index is 12.7. The Labute approximate surface area is 147 Å². The van der Waals surface area contributed by atoms with E-state index in [1.807, 2.05) is 20.8 Å². The van der Waals surface area contributed by atoms with E-state index in [0.717, 1.165) is 0 Å². The van der Waals surface area contributed by atoms with Crippen LogP contribution in [0.15, 0.2) is 18.7 Å². The minimum absolute atomic E-state index is 0.0486. The summed E-state index contributed by atoms with van der Waals surface area (Å²) in [5.41, 5.74) is -0.613. The quantitative estimate of drug-likeness (QED) is 0.734. The van der Waals surface area contributed by atoms with E-state index in [2.05, 4.69) is 9.97 Å². The molecule has 1 spiro atoms. The Balaban J connectivity index is 1.84. The van der Waals surface area contributed by atoms with E-state index >= 15 is 0 Å². The number of hydrogen-bond donors (Lipinski definition) is 0. The first-order chi connectivity index (χ1) is 11.8. The van der Waals surface area contributed by atoms with Crippen LogP contribution in [0.25, 0.3) is 0 Å². The highest BCUT2D eigenvalue weighted by molar-refractivity contribution is 5.95. The molecule has 136 valence electrons. The highest BCUT2D eigenvalue weighted by Gasteiger charge is 2.45. The number of amides is 2. The molecule has 1 aromatic rings. The van der Waals surface area contributed by atoms with E-state index in [1.165, 1.54) is 6.33 Å². The van der Waals surface area contributed by atoms with Crippen molar-refractivity contribution in [2.45, 2.75) is 26.4 Å². The van der Waals surface area contributed by atoms with Crippen LogP contribution in [0.2, 0.25) is 0 Å². The third kappa shape index (κ3) is 3.80. The zero-order valence-corrected chi connectivity index (χ0v) is 14.9. The van der Waals surface area contributed by atoms with Gasteiger partial charge in [0, 0.05) is 12.0 Å². The van der Waals surface area contributed by atoms with Gasteiger partial charge < -0.3 is 19.3 Å². The summed E-state index contributed by atoms with van der Waals surface area (Å²) in [6.07, 6.45) is 4.61. The maximum Gasteiger partial charge on any atom is 0.253 e. The van der Waals surface area contributed by atoms with Crippen LogP contribution in [0.4, 0.5) is 5.69 Å². The third-order valence-electron chi connectivity index (χ3n) is 4.39. The molecular formula is C17H24N4O4. The number of ether oxygens (including phenoxy) is 2. The Morgan fingerprint density at radius 3 is 2.64 bits per heavy atom. The Hall–Kier alpha value is -2.06. The smallest absolute Gasteiger partial charge is 0.253 e. The largest absolute Gasteiger partial charge is 0.376 e.